The molecule has 0 atom stereocenters. The highest BCUT2D eigenvalue weighted by molar-refractivity contribution is 7.89. The molecule has 0 spiro atoms. The van der Waals surface area contributed by atoms with Crippen LogP contribution in [0.25, 0.3) is 0 Å². The molecule has 0 aliphatic carbocycles. The Morgan fingerprint density at radius 2 is 1.76 bits per heavy atom. The van der Waals surface area contributed by atoms with E-state index in [-0.39, 0.29) is 22.1 Å². The Balaban J connectivity index is 1.59. The maximum atomic E-state index is 14.0. The molecule has 10 heteroatoms. The van der Waals surface area contributed by atoms with Crippen LogP contribution in [0.15, 0.2) is 59.5 Å². The van der Waals surface area contributed by atoms with Gasteiger partial charge in [-0.15, -0.1) is 0 Å². The average molecular weight is 513 g/mol. The number of benzene rings is 3. The van der Waals surface area contributed by atoms with Gasteiger partial charge in [-0.1, -0.05) is 41.4 Å². The molecule has 33 heavy (non-hydrogen) atoms. The van der Waals surface area contributed by atoms with E-state index in [1.807, 2.05) is 0 Å². The van der Waals surface area contributed by atoms with E-state index in [0.717, 1.165) is 11.1 Å². The van der Waals surface area contributed by atoms with Gasteiger partial charge in [-0.05, 0) is 60.5 Å². The minimum atomic E-state index is -3.69. The van der Waals surface area contributed by atoms with Crippen LogP contribution in [0.5, 0.6) is 11.5 Å². The Kier molecular flexibility index (Phi) is 8.56. The van der Waals surface area contributed by atoms with Crippen LogP contribution in [-0.4, -0.2) is 22.1 Å². The molecule has 0 aliphatic heterocycles. The molecule has 0 aliphatic rings. The molecule has 176 valence electrons. The van der Waals surface area contributed by atoms with E-state index in [4.69, 9.17) is 37.8 Å². The molecule has 0 heterocycles. The summed E-state index contributed by atoms with van der Waals surface area (Å²) < 4.78 is 47.8. The molecule has 3 N–H and O–H groups in total. The summed E-state index contributed by atoms with van der Waals surface area (Å²) in [7, 11) is -2.20. The summed E-state index contributed by atoms with van der Waals surface area (Å²) >= 11 is 12.5. The molecule has 0 bridgehead atoms. The first-order valence-corrected chi connectivity index (χ1v) is 12.2. The molecular formula is C23H23Cl2FN2O4S. The number of primary sulfonamides is 1. The Hall–Kier alpha value is -2.36. The fourth-order valence-electron chi connectivity index (χ4n) is 3.14. The van der Waals surface area contributed by atoms with Gasteiger partial charge in [0.2, 0.25) is 10.0 Å². The van der Waals surface area contributed by atoms with E-state index in [1.165, 1.54) is 31.4 Å². The van der Waals surface area contributed by atoms with Crippen molar-refractivity contribution in [2.24, 2.45) is 5.14 Å². The molecule has 0 fully saturated rings. The first-order valence-electron chi connectivity index (χ1n) is 9.93. The molecule has 3 rings (SSSR count). The number of methoxy groups -OCH3 is 1. The Morgan fingerprint density at radius 3 is 2.39 bits per heavy atom. The number of rotatable bonds is 10. The Morgan fingerprint density at radius 1 is 1.03 bits per heavy atom. The number of sulfonamides is 1. The predicted octanol–water partition coefficient (Wildman–Crippen LogP) is 4.70. The van der Waals surface area contributed by atoms with E-state index in [2.05, 4.69) is 5.32 Å². The molecule has 0 amide bonds. The lowest BCUT2D eigenvalue weighted by atomic mass is 10.1. The van der Waals surface area contributed by atoms with Crippen LogP contribution in [0.4, 0.5) is 4.39 Å². The summed E-state index contributed by atoms with van der Waals surface area (Å²) in [5.74, 6) is 0.264. The number of nitrogens with one attached hydrogen (secondary N) is 1. The summed E-state index contributed by atoms with van der Waals surface area (Å²) in [6.07, 6.45) is 0.695. The molecule has 0 saturated carbocycles. The average Bonchev–Trinajstić information content (AvgIpc) is 2.77. The summed E-state index contributed by atoms with van der Waals surface area (Å²) in [6.45, 7) is 1.08. The Labute approximate surface area is 202 Å². The highest BCUT2D eigenvalue weighted by atomic mass is 35.5. The van der Waals surface area contributed by atoms with Crippen molar-refractivity contribution < 1.29 is 22.3 Å². The second-order valence-electron chi connectivity index (χ2n) is 7.21. The SMILES string of the molecule is COc1cc(CNCCc2ccc(S(N)(=O)=O)cc2)cc(Cl)c1OCc1c(F)cccc1Cl. The van der Waals surface area contributed by atoms with Crippen LogP contribution < -0.4 is 19.9 Å². The highest BCUT2D eigenvalue weighted by Gasteiger charge is 2.15. The first kappa shape index (κ1) is 25.3. The van der Waals surface area contributed by atoms with E-state index in [9.17, 15) is 12.8 Å². The second-order valence-corrected chi connectivity index (χ2v) is 9.59. The van der Waals surface area contributed by atoms with E-state index in [0.29, 0.717) is 36.0 Å². The Bertz CT molecular complexity index is 1200. The van der Waals surface area contributed by atoms with Crippen LogP contribution in [0.1, 0.15) is 16.7 Å². The summed E-state index contributed by atoms with van der Waals surface area (Å²) in [4.78, 5) is 0.0838. The largest absolute Gasteiger partial charge is 0.493 e. The van der Waals surface area contributed by atoms with E-state index < -0.39 is 15.8 Å². The minimum absolute atomic E-state index is 0.0838. The topological polar surface area (TPSA) is 90.6 Å². The fourth-order valence-corrected chi connectivity index (χ4v) is 4.16. The van der Waals surface area contributed by atoms with Gasteiger partial charge in [0.1, 0.15) is 12.4 Å². The van der Waals surface area contributed by atoms with Gasteiger partial charge in [-0.25, -0.2) is 17.9 Å². The third kappa shape index (κ3) is 6.82. The minimum Gasteiger partial charge on any atom is -0.493 e. The molecule has 0 radical (unpaired) electrons. The lowest BCUT2D eigenvalue weighted by Gasteiger charge is -2.15. The van der Waals surface area contributed by atoms with Crippen molar-refractivity contribution in [2.75, 3.05) is 13.7 Å². The van der Waals surface area contributed by atoms with Crippen molar-refractivity contribution in [3.05, 3.63) is 87.2 Å². The number of nitrogens with two attached hydrogens (primary N) is 1. The third-order valence-corrected chi connectivity index (χ3v) is 6.45. The molecule has 0 unspecified atom stereocenters. The molecule has 6 nitrogen and oxygen atoms in total. The quantitative estimate of drug-likeness (QED) is 0.384. The van der Waals surface area contributed by atoms with Gasteiger partial charge in [-0.3, -0.25) is 0 Å². The lowest BCUT2D eigenvalue weighted by Crippen LogP contribution is -2.17. The normalized spacial score (nSPS) is 11.4. The maximum Gasteiger partial charge on any atom is 0.238 e. The zero-order valence-electron chi connectivity index (χ0n) is 17.8. The van der Waals surface area contributed by atoms with Crippen molar-refractivity contribution in [1.82, 2.24) is 5.32 Å². The van der Waals surface area contributed by atoms with Gasteiger partial charge in [-0.2, -0.15) is 0 Å². The molecule has 0 aromatic heterocycles. The molecular weight excluding hydrogens is 490 g/mol. The van der Waals surface area contributed by atoms with Crippen molar-refractivity contribution in [1.29, 1.82) is 0 Å². The monoisotopic (exact) mass is 512 g/mol. The zero-order chi connectivity index (χ0) is 24.0. The van der Waals surface area contributed by atoms with E-state index in [1.54, 1.807) is 30.3 Å². The van der Waals surface area contributed by atoms with Crippen molar-refractivity contribution in [2.45, 2.75) is 24.5 Å². The lowest BCUT2D eigenvalue weighted by molar-refractivity contribution is 0.280. The number of hydrogen-bond donors (Lipinski definition) is 2. The molecule has 3 aromatic rings. The van der Waals surface area contributed by atoms with Crippen LogP contribution >= 0.6 is 23.2 Å². The van der Waals surface area contributed by atoms with Crippen LogP contribution in [-0.2, 0) is 29.6 Å². The first-order chi connectivity index (χ1) is 15.7. The summed E-state index contributed by atoms with van der Waals surface area (Å²) in [6, 6.07) is 14.4. The van der Waals surface area contributed by atoms with Crippen LogP contribution in [0.3, 0.4) is 0 Å². The number of halogens is 3. The smallest absolute Gasteiger partial charge is 0.238 e. The van der Waals surface area contributed by atoms with Crippen molar-refractivity contribution in [3.63, 3.8) is 0 Å². The second kappa shape index (κ2) is 11.2. The van der Waals surface area contributed by atoms with Gasteiger partial charge in [0.05, 0.1) is 22.1 Å². The van der Waals surface area contributed by atoms with Crippen molar-refractivity contribution in [3.8, 4) is 11.5 Å². The van der Waals surface area contributed by atoms with Gasteiger partial charge in [0.25, 0.3) is 0 Å². The molecule has 3 aromatic carbocycles. The van der Waals surface area contributed by atoms with Crippen LogP contribution in [0.2, 0.25) is 10.0 Å². The standard InChI is InChI=1S/C23H23Cl2FN2O4S/c1-31-22-12-16(13-28-10-9-15-5-7-17(8-6-15)33(27,29)30)11-20(25)23(22)32-14-18-19(24)3-2-4-21(18)26/h2-8,11-12,28H,9-10,13-14H2,1H3,(H2,27,29,30). The van der Waals surface area contributed by atoms with Crippen LogP contribution in [0, 0.1) is 5.82 Å². The predicted molar refractivity (Wildman–Crippen MR) is 127 cm³/mol. The summed E-state index contributed by atoms with van der Waals surface area (Å²) in [5.41, 5.74) is 2.08. The van der Waals surface area contributed by atoms with Gasteiger partial charge in [0.15, 0.2) is 11.5 Å². The van der Waals surface area contributed by atoms with Gasteiger partial charge < -0.3 is 14.8 Å². The molecule has 0 saturated heterocycles. The number of hydrogen-bond acceptors (Lipinski definition) is 5. The summed E-state index contributed by atoms with van der Waals surface area (Å²) in [5, 5.41) is 9.01. The zero-order valence-corrected chi connectivity index (χ0v) is 20.1. The highest BCUT2D eigenvalue weighted by Crippen LogP contribution is 2.37. The third-order valence-electron chi connectivity index (χ3n) is 4.88. The van der Waals surface area contributed by atoms with Gasteiger partial charge >= 0.3 is 0 Å². The maximum absolute atomic E-state index is 14.0. The number of ether oxygens (including phenoxy) is 2. The van der Waals surface area contributed by atoms with E-state index >= 15 is 0 Å². The van der Waals surface area contributed by atoms with Crippen molar-refractivity contribution >= 4 is 33.2 Å². The fraction of sp³-hybridized carbons (Fsp3) is 0.217. The van der Waals surface area contributed by atoms with Gasteiger partial charge in [0, 0.05) is 12.1 Å².